The fraction of sp³-hybridized carbons (Fsp3) is 0.0417. The van der Waals surface area contributed by atoms with Crippen molar-refractivity contribution in [3.63, 3.8) is 0 Å². The Kier molecular flexibility index (Phi) is 8.86. The van der Waals surface area contributed by atoms with Gasteiger partial charge in [0.15, 0.2) is 0 Å². The molecule has 0 fully saturated rings. The Morgan fingerprint density at radius 1 is 0.971 bits per heavy atom. The number of nitrogens with one attached hydrogen (secondary N) is 2. The lowest BCUT2D eigenvalue weighted by Crippen LogP contribution is -2.34. The topological polar surface area (TPSA) is 114 Å². The molecule has 34 heavy (non-hydrogen) atoms. The molecule has 174 valence electrons. The SMILES string of the molecule is O=C(CNS(=O)(=O)c1ccccc1)N/N=C\c1cc(Br)ccc1OC(=O)/C=C/c1ccccc1. The first kappa shape index (κ1) is 25.0. The van der Waals surface area contributed by atoms with Crippen LogP contribution in [0.25, 0.3) is 6.08 Å². The van der Waals surface area contributed by atoms with Crippen LogP contribution in [-0.4, -0.2) is 33.1 Å². The number of rotatable bonds is 9. The summed E-state index contributed by atoms with van der Waals surface area (Å²) in [6.07, 6.45) is 4.22. The second kappa shape index (κ2) is 12.0. The van der Waals surface area contributed by atoms with Crippen molar-refractivity contribution in [3.05, 3.63) is 101 Å². The minimum absolute atomic E-state index is 0.0493. The second-order valence-corrected chi connectivity index (χ2v) is 9.46. The predicted octanol–water partition coefficient (Wildman–Crippen LogP) is 3.50. The van der Waals surface area contributed by atoms with Gasteiger partial charge in [0.1, 0.15) is 5.75 Å². The van der Waals surface area contributed by atoms with Gasteiger partial charge in [0.2, 0.25) is 10.0 Å². The summed E-state index contributed by atoms with van der Waals surface area (Å²) in [6, 6.07) is 21.9. The number of hydrogen-bond acceptors (Lipinski definition) is 6. The van der Waals surface area contributed by atoms with Crippen LogP contribution in [0, 0.1) is 0 Å². The van der Waals surface area contributed by atoms with Crippen molar-refractivity contribution >= 4 is 50.1 Å². The Morgan fingerprint density at radius 2 is 1.65 bits per heavy atom. The normalized spacial score (nSPS) is 11.6. The molecule has 0 radical (unpaired) electrons. The highest BCUT2D eigenvalue weighted by atomic mass is 79.9. The molecule has 2 N–H and O–H groups in total. The van der Waals surface area contributed by atoms with E-state index in [1.54, 1.807) is 42.5 Å². The molecular formula is C24H20BrN3O5S. The van der Waals surface area contributed by atoms with Crippen LogP contribution in [0.1, 0.15) is 11.1 Å². The van der Waals surface area contributed by atoms with Gasteiger partial charge < -0.3 is 4.74 Å². The largest absolute Gasteiger partial charge is 0.423 e. The van der Waals surface area contributed by atoms with E-state index in [2.05, 4.69) is 31.2 Å². The van der Waals surface area contributed by atoms with Gasteiger partial charge in [0.25, 0.3) is 5.91 Å². The predicted molar refractivity (Wildman–Crippen MR) is 133 cm³/mol. The Bertz CT molecular complexity index is 1310. The van der Waals surface area contributed by atoms with Crippen molar-refractivity contribution in [1.82, 2.24) is 10.1 Å². The molecule has 0 atom stereocenters. The van der Waals surface area contributed by atoms with E-state index < -0.39 is 28.4 Å². The molecule has 0 aliphatic heterocycles. The van der Waals surface area contributed by atoms with Crippen molar-refractivity contribution in [1.29, 1.82) is 0 Å². The molecule has 0 aromatic heterocycles. The molecule has 0 bridgehead atoms. The van der Waals surface area contributed by atoms with E-state index >= 15 is 0 Å². The molecule has 0 aliphatic rings. The molecule has 0 spiro atoms. The van der Waals surface area contributed by atoms with Gasteiger partial charge in [0, 0.05) is 16.1 Å². The van der Waals surface area contributed by atoms with Crippen molar-refractivity contribution < 1.29 is 22.7 Å². The summed E-state index contributed by atoms with van der Waals surface area (Å²) in [5.41, 5.74) is 3.50. The molecule has 0 unspecified atom stereocenters. The van der Waals surface area contributed by atoms with Crippen molar-refractivity contribution in [2.24, 2.45) is 5.10 Å². The molecule has 0 saturated carbocycles. The molecule has 8 nitrogen and oxygen atoms in total. The number of hydrogen-bond donors (Lipinski definition) is 2. The molecule has 3 rings (SSSR count). The van der Waals surface area contributed by atoms with Crippen LogP contribution in [-0.2, 0) is 19.6 Å². The minimum atomic E-state index is -3.82. The highest BCUT2D eigenvalue weighted by molar-refractivity contribution is 9.10. The van der Waals surface area contributed by atoms with Crippen LogP contribution in [0.5, 0.6) is 5.75 Å². The maximum atomic E-state index is 12.2. The molecule has 0 heterocycles. The highest BCUT2D eigenvalue weighted by Crippen LogP contribution is 2.22. The van der Waals surface area contributed by atoms with Gasteiger partial charge in [-0.3, -0.25) is 4.79 Å². The number of amides is 1. The monoisotopic (exact) mass is 541 g/mol. The van der Waals surface area contributed by atoms with E-state index in [0.29, 0.717) is 10.0 Å². The first-order chi connectivity index (χ1) is 16.3. The summed E-state index contributed by atoms with van der Waals surface area (Å²) in [7, 11) is -3.82. The van der Waals surface area contributed by atoms with Gasteiger partial charge >= 0.3 is 5.97 Å². The average molecular weight is 542 g/mol. The molecule has 10 heteroatoms. The quantitative estimate of drug-likeness (QED) is 0.141. The van der Waals surface area contributed by atoms with Gasteiger partial charge in [0.05, 0.1) is 17.7 Å². The van der Waals surface area contributed by atoms with E-state index in [0.717, 1.165) is 5.56 Å². The van der Waals surface area contributed by atoms with Gasteiger partial charge in [-0.2, -0.15) is 5.10 Å². The first-order valence-corrected chi connectivity index (χ1v) is 12.2. The van der Waals surface area contributed by atoms with Crippen LogP contribution in [0.4, 0.5) is 0 Å². The summed E-state index contributed by atoms with van der Waals surface area (Å²) in [5, 5.41) is 3.83. The van der Waals surface area contributed by atoms with Crippen LogP contribution >= 0.6 is 15.9 Å². The summed E-state index contributed by atoms with van der Waals surface area (Å²) >= 11 is 3.33. The summed E-state index contributed by atoms with van der Waals surface area (Å²) in [4.78, 5) is 24.3. The number of carbonyl (C=O) groups is 2. The lowest BCUT2D eigenvalue weighted by Gasteiger charge is -2.07. The van der Waals surface area contributed by atoms with Crippen LogP contribution < -0.4 is 14.9 Å². The van der Waals surface area contributed by atoms with E-state index in [9.17, 15) is 18.0 Å². The zero-order valence-electron chi connectivity index (χ0n) is 17.7. The van der Waals surface area contributed by atoms with Crippen molar-refractivity contribution in [2.45, 2.75) is 4.90 Å². The third-order valence-electron chi connectivity index (χ3n) is 4.26. The average Bonchev–Trinajstić information content (AvgIpc) is 2.84. The number of sulfonamides is 1. The number of halogens is 1. The van der Waals surface area contributed by atoms with Gasteiger partial charge in [-0.25, -0.2) is 23.4 Å². The van der Waals surface area contributed by atoms with Gasteiger partial charge in [-0.1, -0.05) is 64.5 Å². The van der Waals surface area contributed by atoms with Gasteiger partial charge in [-0.15, -0.1) is 0 Å². The number of ether oxygens (including phenoxy) is 1. The van der Waals surface area contributed by atoms with E-state index in [1.807, 2.05) is 30.3 Å². The third-order valence-corrected chi connectivity index (χ3v) is 6.17. The van der Waals surface area contributed by atoms with Crippen molar-refractivity contribution in [2.75, 3.05) is 6.54 Å². The zero-order valence-corrected chi connectivity index (χ0v) is 20.1. The summed E-state index contributed by atoms with van der Waals surface area (Å²) in [6.45, 7) is -0.501. The number of carbonyl (C=O) groups excluding carboxylic acids is 2. The number of hydrazone groups is 1. The standard InChI is InChI=1S/C24H20BrN3O5S/c25-20-12-13-22(33-24(30)14-11-18-7-3-1-4-8-18)19(15-20)16-26-28-23(29)17-27-34(31,32)21-9-5-2-6-10-21/h1-16,27H,17H2,(H,28,29)/b14-11+,26-16-. The number of esters is 1. The fourth-order valence-electron chi connectivity index (χ4n) is 2.64. The molecule has 0 saturated heterocycles. The molecule has 0 aliphatic carbocycles. The summed E-state index contributed by atoms with van der Waals surface area (Å²) < 4.78 is 32.6. The number of benzene rings is 3. The Morgan fingerprint density at radius 3 is 2.35 bits per heavy atom. The van der Waals surface area contributed by atoms with Crippen LogP contribution in [0.2, 0.25) is 0 Å². The second-order valence-electron chi connectivity index (χ2n) is 6.78. The molecular weight excluding hydrogens is 522 g/mol. The molecule has 3 aromatic carbocycles. The zero-order chi connectivity index (χ0) is 24.4. The Balaban J connectivity index is 1.59. The maximum Gasteiger partial charge on any atom is 0.336 e. The van der Waals surface area contributed by atoms with E-state index in [1.165, 1.54) is 24.4 Å². The molecule has 3 aromatic rings. The highest BCUT2D eigenvalue weighted by Gasteiger charge is 2.14. The third kappa shape index (κ3) is 7.77. The first-order valence-electron chi connectivity index (χ1n) is 9.94. The summed E-state index contributed by atoms with van der Waals surface area (Å²) in [5.74, 6) is -1.02. The Labute approximate surface area is 205 Å². The minimum Gasteiger partial charge on any atom is -0.423 e. The molecule has 1 amide bonds. The van der Waals surface area contributed by atoms with E-state index in [-0.39, 0.29) is 10.6 Å². The number of nitrogens with zero attached hydrogens (tertiary/aromatic N) is 1. The maximum absolute atomic E-state index is 12.2. The van der Waals surface area contributed by atoms with Crippen LogP contribution in [0.3, 0.4) is 0 Å². The lowest BCUT2D eigenvalue weighted by atomic mass is 10.2. The van der Waals surface area contributed by atoms with Crippen molar-refractivity contribution in [3.8, 4) is 5.75 Å². The fourth-order valence-corrected chi connectivity index (χ4v) is 4.02. The van der Waals surface area contributed by atoms with E-state index in [4.69, 9.17) is 4.74 Å². The Hall–Kier alpha value is -3.60. The lowest BCUT2D eigenvalue weighted by molar-refractivity contribution is -0.129. The van der Waals surface area contributed by atoms with Crippen LogP contribution in [0.15, 0.2) is 99.4 Å². The smallest absolute Gasteiger partial charge is 0.336 e. The van der Waals surface area contributed by atoms with Gasteiger partial charge in [-0.05, 0) is 42.0 Å².